The van der Waals surface area contributed by atoms with Crippen LogP contribution in [0.15, 0.2) is 65.8 Å². The van der Waals surface area contributed by atoms with E-state index in [0.717, 1.165) is 16.3 Å². The maximum absolute atomic E-state index is 12.0. The molecule has 0 atom stereocenters. The van der Waals surface area contributed by atoms with Gasteiger partial charge < -0.3 is 10.1 Å². The lowest BCUT2D eigenvalue weighted by atomic mass is 10.1. The lowest BCUT2D eigenvalue weighted by molar-refractivity contribution is -0.136. The van der Waals surface area contributed by atoms with Crippen LogP contribution in [-0.2, 0) is 9.59 Å². The van der Waals surface area contributed by atoms with Crippen LogP contribution in [0.3, 0.4) is 0 Å². The van der Waals surface area contributed by atoms with Crippen LogP contribution in [0.5, 0.6) is 5.75 Å². The summed E-state index contributed by atoms with van der Waals surface area (Å²) in [6.45, 7) is 0. The molecule has 27 heavy (non-hydrogen) atoms. The average molecular weight is 382 g/mol. The molecule has 0 heterocycles. The van der Waals surface area contributed by atoms with Crippen molar-refractivity contribution >= 4 is 46.1 Å². The SMILES string of the molecule is COc1ccc(NC(=O)C(=O)N/N=C/c2cccc3ccccc23)cc1Cl. The normalized spacial score (nSPS) is 10.7. The Morgan fingerprint density at radius 3 is 2.59 bits per heavy atom. The minimum absolute atomic E-state index is 0.324. The van der Waals surface area contributed by atoms with Gasteiger partial charge in [-0.3, -0.25) is 9.59 Å². The fourth-order valence-corrected chi connectivity index (χ4v) is 2.76. The van der Waals surface area contributed by atoms with E-state index in [1.807, 2.05) is 42.5 Å². The fraction of sp³-hybridized carbons (Fsp3) is 0.0500. The van der Waals surface area contributed by atoms with E-state index in [4.69, 9.17) is 16.3 Å². The summed E-state index contributed by atoms with van der Waals surface area (Å²) in [6, 6.07) is 18.2. The third kappa shape index (κ3) is 4.43. The Bertz CT molecular complexity index is 1030. The highest BCUT2D eigenvalue weighted by atomic mass is 35.5. The summed E-state index contributed by atoms with van der Waals surface area (Å²) in [5.41, 5.74) is 3.42. The predicted molar refractivity (Wildman–Crippen MR) is 106 cm³/mol. The molecular formula is C20H16ClN3O3. The molecule has 2 N–H and O–H groups in total. The van der Waals surface area contributed by atoms with E-state index in [0.29, 0.717) is 16.5 Å². The fourth-order valence-electron chi connectivity index (χ4n) is 2.51. The van der Waals surface area contributed by atoms with Crippen LogP contribution in [0.25, 0.3) is 10.8 Å². The number of anilines is 1. The first-order valence-corrected chi connectivity index (χ1v) is 8.42. The number of nitrogens with one attached hydrogen (secondary N) is 2. The number of hydrogen-bond donors (Lipinski definition) is 2. The smallest absolute Gasteiger partial charge is 0.329 e. The van der Waals surface area contributed by atoms with Crippen molar-refractivity contribution in [3.8, 4) is 5.75 Å². The summed E-state index contributed by atoms with van der Waals surface area (Å²) < 4.78 is 5.04. The van der Waals surface area contributed by atoms with Gasteiger partial charge in [0.1, 0.15) is 5.75 Å². The summed E-state index contributed by atoms with van der Waals surface area (Å²) in [7, 11) is 1.49. The number of benzene rings is 3. The van der Waals surface area contributed by atoms with Crippen molar-refractivity contribution in [2.24, 2.45) is 5.10 Å². The number of amides is 2. The average Bonchev–Trinajstić information content (AvgIpc) is 2.68. The van der Waals surface area contributed by atoms with Crippen LogP contribution in [0.1, 0.15) is 5.56 Å². The van der Waals surface area contributed by atoms with Crippen LogP contribution in [0, 0.1) is 0 Å². The number of carbonyl (C=O) groups is 2. The number of rotatable bonds is 4. The van der Waals surface area contributed by atoms with Gasteiger partial charge in [0, 0.05) is 11.3 Å². The molecule has 7 heteroatoms. The number of methoxy groups -OCH3 is 1. The molecule has 0 aromatic heterocycles. The molecule has 0 aliphatic rings. The van der Waals surface area contributed by atoms with Gasteiger partial charge in [-0.05, 0) is 29.0 Å². The zero-order valence-electron chi connectivity index (χ0n) is 14.4. The van der Waals surface area contributed by atoms with E-state index in [2.05, 4.69) is 15.8 Å². The Morgan fingerprint density at radius 2 is 1.81 bits per heavy atom. The molecule has 2 amide bonds. The summed E-state index contributed by atoms with van der Waals surface area (Å²) in [5.74, 6) is -1.27. The Morgan fingerprint density at radius 1 is 1.04 bits per heavy atom. The third-order valence-corrected chi connectivity index (χ3v) is 4.10. The van der Waals surface area contributed by atoms with Gasteiger partial charge in [0.2, 0.25) is 0 Å². The van der Waals surface area contributed by atoms with Crippen molar-refractivity contribution in [3.05, 3.63) is 71.2 Å². The number of halogens is 1. The molecule has 0 unspecified atom stereocenters. The van der Waals surface area contributed by atoms with E-state index in [9.17, 15) is 9.59 Å². The van der Waals surface area contributed by atoms with Crippen LogP contribution in [-0.4, -0.2) is 25.1 Å². The Balaban J connectivity index is 1.64. The van der Waals surface area contributed by atoms with E-state index >= 15 is 0 Å². The van der Waals surface area contributed by atoms with Crippen molar-refractivity contribution in [2.75, 3.05) is 12.4 Å². The van der Waals surface area contributed by atoms with E-state index in [1.165, 1.54) is 19.4 Å². The Labute approximate surface area is 160 Å². The lowest BCUT2D eigenvalue weighted by Crippen LogP contribution is -2.32. The molecule has 0 aliphatic carbocycles. The molecule has 0 fully saturated rings. The standard InChI is InChI=1S/C20H16ClN3O3/c1-27-18-10-9-15(11-17(18)21)23-19(25)20(26)24-22-12-14-7-4-6-13-5-2-3-8-16(13)14/h2-12H,1H3,(H,23,25)(H,24,26)/b22-12+. The van der Waals surface area contributed by atoms with Gasteiger partial charge in [0.05, 0.1) is 18.3 Å². The summed E-state index contributed by atoms with van der Waals surface area (Å²) in [4.78, 5) is 23.9. The molecule has 0 radical (unpaired) electrons. The lowest BCUT2D eigenvalue weighted by Gasteiger charge is -2.07. The second-order valence-corrected chi connectivity index (χ2v) is 5.98. The maximum Gasteiger partial charge on any atom is 0.329 e. The molecule has 6 nitrogen and oxygen atoms in total. The second-order valence-electron chi connectivity index (χ2n) is 5.57. The number of carbonyl (C=O) groups excluding carboxylic acids is 2. The highest BCUT2D eigenvalue weighted by Crippen LogP contribution is 2.27. The molecule has 136 valence electrons. The summed E-state index contributed by atoms with van der Waals surface area (Å²) in [6.07, 6.45) is 1.50. The number of fused-ring (bicyclic) bond motifs is 1. The first kappa shape index (κ1) is 18.4. The highest BCUT2D eigenvalue weighted by molar-refractivity contribution is 6.40. The van der Waals surface area contributed by atoms with Crippen molar-refractivity contribution in [1.82, 2.24) is 5.43 Å². The van der Waals surface area contributed by atoms with Crippen molar-refractivity contribution < 1.29 is 14.3 Å². The molecular weight excluding hydrogens is 366 g/mol. The number of hydrazone groups is 1. The zero-order valence-corrected chi connectivity index (χ0v) is 15.2. The van der Waals surface area contributed by atoms with Crippen LogP contribution >= 0.6 is 11.6 Å². The Hall–Kier alpha value is -3.38. The molecule has 3 rings (SSSR count). The van der Waals surface area contributed by atoms with Crippen molar-refractivity contribution in [2.45, 2.75) is 0 Å². The molecule has 3 aromatic carbocycles. The van der Waals surface area contributed by atoms with E-state index in [1.54, 1.807) is 12.1 Å². The summed E-state index contributed by atoms with van der Waals surface area (Å²) >= 11 is 5.99. The van der Waals surface area contributed by atoms with E-state index < -0.39 is 11.8 Å². The van der Waals surface area contributed by atoms with Gasteiger partial charge in [-0.25, -0.2) is 5.43 Å². The zero-order chi connectivity index (χ0) is 19.2. The molecule has 0 saturated carbocycles. The molecule has 0 saturated heterocycles. The largest absolute Gasteiger partial charge is 0.495 e. The maximum atomic E-state index is 12.0. The van der Waals surface area contributed by atoms with Crippen LogP contribution in [0.2, 0.25) is 5.02 Å². The van der Waals surface area contributed by atoms with Gasteiger partial charge >= 0.3 is 11.8 Å². The first-order chi connectivity index (χ1) is 13.1. The monoisotopic (exact) mass is 381 g/mol. The first-order valence-electron chi connectivity index (χ1n) is 8.04. The topological polar surface area (TPSA) is 79.8 Å². The number of ether oxygens (including phenoxy) is 1. The quantitative estimate of drug-likeness (QED) is 0.411. The third-order valence-electron chi connectivity index (χ3n) is 3.81. The van der Waals surface area contributed by atoms with Crippen LogP contribution in [0.4, 0.5) is 5.69 Å². The van der Waals surface area contributed by atoms with Gasteiger partial charge in [-0.2, -0.15) is 5.10 Å². The van der Waals surface area contributed by atoms with Gasteiger partial charge in [0.25, 0.3) is 0 Å². The summed E-state index contributed by atoms with van der Waals surface area (Å²) in [5, 5.41) is 8.69. The molecule has 0 spiro atoms. The minimum Gasteiger partial charge on any atom is -0.495 e. The molecule has 0 bridgehead atoms. The van der Waals surface area contributed by atoms with Crippen LogP contribution < -0.4 is 15.5 Å². The van der Waals surface area contributed by atoms with Crippen molar-refractivity contribution in [3.63, 3.8) is 0 Å². The molecule has 3 aromatic rings. The number of nitrogens with zero attached hydrogens (tertiary/aromatic N) is 1. The van der Waals surface area contributed by atoms with Gasteiger partial charge in [-0.1, -0.05) is 54.1 Å². The van der Waals surface area contributed by atoms with Crippen molar-refractivity contribution in [1.29, 1.82) is 0 Å². The Kier molecular flexibility index (Phi) is 5.68. The minimum atomic E-state index is -0.890. The highest BCUT2D eigenvalue weighted by Gasteiger charge is 2.13. The second kappa shape index (κ2) is 8.33. The van der Waals surface area contributed by atoms with Gasteiger partial charge in [0.15, 0.2) is 0 Å². The van der Waals surface area contributed by atoms with Gasteiger partial charge in [-0.15, -0.1) is 0 Å². The predicted octanol–water partition coefficient (Wildman–Crippen LogP) is 3.59. The molecule has 0 aliphatic heterocycles. The van der Waals surface area contributed by atoms with E-state index in [-0.39, 0.29) is 0 Å². The number of hydrogen-bond acceptors (Lipinski definition) is 4.